The quantitative estimate of drug-likeness (QED) is 0.857. The first kappa shape index (κ1) is 15.9. The van der Waals surface area contributed by atoms with Crippen molar-refractivity contribution in [2.45, 2.75) is 33.6 Å². The van der Waals surface area contributed by atoms with Crippen molar-refractivity contribution >= 4 is 17.5 Å². The van der Waals surface area contributed by atoms with Crippen molar-refractivity contribution in [1.29, 1.82) is 0 Å². The van der Waals surface area contributed by atoms with Crippen LogP contribution in [0, 0.1) is 20.8 Å². The minimum Gasteiger partial charge on any atom is -0.311 e. The molecule has 1 amide bonds. The highest BCUT2D eigenvalue weighted by atomic mass is 16.2. The highest BCUT2D eigenvalue weighted by Crippen LogP contribution is 2.14. The molecule has 0 unspecified atom stereocenters. The van der Waals surface area contributed by atoms with Crippen LogP contribution in [0.25, 0.3) is 0 Å². The number of carbonyl (C=O) groups excluding carboxylic acids is 2. The molecule has 1 aromatic carbocycles. The number of Topliss-reactive ketones (excluding diaryl/α,β-unsaturated/α-hetero) is 1. The zero-order chi connectivity index (χ0) is 16.1. The van der Waals surface area contributed by atoms with Crippen LogP contribution in [0.1, 0.15) is 40.0 Å². The minimum absolute atomic E-state index is 0.00597. The summed E-state index contributed by atoms with van der Waals surface area (Å²) < 4.78 is 0. The van der Waals surface area contributed by atoms with Crippen molar-refractivity contribution in [3.8, 4) is 0 Å². The fourth-order valence-corrected chi connectivity index (χ4v) is 2.22. The first-order valence-corrected chi connectivity index (χ1v) is 7.29. The van der Waals surface area contributed by atoms with Crippen molar-refractivity contribution in [3.05, 3.63) is 58.8 Å². The van der Waals surface area contributed by atoms with Crippen molar-refractivity contribution in [1.82, 2.24) is 4.98 Å². The molecule has 0 aliphatic heterocycles. The Morgan fingerprint density at radius 1 is 1.05 bits per heavy atom. The van der Waals surface area contributed by atoms with Gasteiger partial charge < -0.3 is 5.32 Å². The first-order chi connectivity index (χ1) is 10.5. The molecule has 2 rings (SSSR count). The predicted molar refractivity (Wildman–Crippen MR) is 87.1 cm³/mol. The van der Waals surface area contributed by atoms with Gasteiger partial charge in [0, 0.05) is 24.1 Å². The average molecular weight is 296 g/mol. The molecule has 0 spiro atoms. The highest BCUT2D eigenvalue weighted by Gasteiger charge is 2.12. The molecule has 0 bridgehead atoms. The number of aromatic nitrogens is 1. The fourth-order valence-electron chi connectivity index (χ4n) is 2.22. The van der Waals surface area contributed by atoms with Gasteiger partial charge in [0.2, 0.25) is 5.91 Å². The zero-order valence-corrected chi connectivity index (χ0v) is 13.1. The molecule has 0 saturated carbocycles. The smallest absolute Gasteiger partial charge is 0.225 e. The lowest BCUT2D eigenvalue weighted by molar-refractivity contribution is -0.116. The standard InChI is InChI=1S/C18H20N2O2/c1-12-7-8-13(2)15(11-12)16(21)9-10-18(22)20-17-6-4-5-14(3)19-17/h4-8,11H,9-10H2,1-3H3,(H,19,20,22). The molecule has 1 N–H and O–H groups in total. The van der Waals surface area contributed by atoms with Gasteiger partial charge in [-0.3, -0.25) is 9.59 Å². The number of amides is 1. The van der Waals surface area contributed by atoms with Crippen LogP contribution < -0.4 is 5.32 Å². The van der Waals surface area contributed by atoms with Crippen molar-refractivity contribution in [2.75, 3.05) is 5.32 Å². The Balaban J connectivity index is 1.93. The van der Waals surface area contributed by atoms with E-state index in [0.29, 0.717) is 11.4 Å². The minimum atomic E-state index is -0.197. The molecule has 0 fully saturated rings. The summed E-state index contributed by atoms with van der Waals surface area (Å²) in [5, 5.41) is 2.71. The number of nitrogens with zero attached hydrogens (tertiary/aromatic N) is 1. The monoisotopic (exact) mass is 296 g/mol. The van der Waals surface area contributed by atoms with Crippen LogP contribution in [0.5, 0.6) is 0 Å². The molecule has 0 aliphatic rings. The van der Waals surface area contributed by atoms with E-state index in [1.807, 2.05) is 51.1 Å². The van der Waals surface area contributed by atoms with Gasteiger partial charge in [-0.15, -0.1) is 0 Å². The van der Waals surface area contributed by atoms with Crippen LogP contribution in [0.4, 0.5) is 5.82 Å². The Kier molecular flexibility index (Phi) is 5.04. The molecule has 0 atom stereocenters. The molecular weight excluding hydrogens is 276 g/mol. The van der Waals surface area contributed by atoms with Crippen LogP contribution in [0.2, 0.25) is 0 Å². The number of aryl methyl sites for hydroxylation is 3. The van der Waals surface area contributed by atoms with E-state index in [1.165, 1.54) is 0 Å². The maximum Gasteiger partial charge on any atom is 0.225 e. The topological polar surface area (TPSA) is 59.1 Å². The third kappa shape index (κ3) is 4.25. The summed E-state index contributed by atoms with van der Waals surface area (Å²) in [5.74, 6) is 0.314. The molecule has 4 heteroatoms. The average Bonchev–Trinajstić information content (AvgIpc) is 2.47. The summed E-state index contributed by atoms with van der Waals surface area (Å²) in [6, 6.07) is 11.2. The lowest BCUT2D eigenvalue weighted by atomic mass is 9.99. The normalized spacial score (nSPS) is 10.3. The Morgan fingerprint density at radius 2 is 1.82 bits per heavy atom. The van der Waals surface area contributed by atoms with Crippen molar-refractivity contribution in [3.63, 3.8) is 0 Å². The second-order valence-corrected chi connectivity index (χ2v) is 5.45. The maximum atomic E-state index is 12.2. The third-order valence-corrected chi connectivity index (χ3v) is 3.43. The van der Waals surface area contributed by atoms with Gasteiger partial charge in [-0.2, -0.15) is 0 Å². The largest absolute Gasteiger partial charge is 0.311 e. The second kappa shape index (κ2) is 6.98. The Morgan fingerprint density at radius 3 is 2.55 bits per heavy atom. The molecule has 2 aromatic rings. The van der Waals surface area contributed by atoms with Gasteiger partial charge in [-0.25, -0.2) is 4.98 Å². The molecule has 1 heterocycles. The Hall–Kier alpha value is -2.49. The van der Waals surface area contributed by atoms with Crippen LogP contribution in [0.3, 0.4) is 0 Å². The lowest BCUT2D eigenvalue weighted by Gasteiger charge is -2.07. The number of anilines is 1. The van der Waals surface area contributed by atoms with Gasteiger partial charge in [-0.05, 0) is 44.5 Å². The molecule has 4 nitrogen and oxygen atoms in total. The van der Waals surface area contributed by atoms with E-state index in [9.17, 15) is 9.59 Å². The SMILES string of the molecule is Cc1ccc(C)c(C(=O)CCC(=O)Nc2cccc(C)n2)c1. The summed E-state index contributed by atoms with van der Waals surface area (Å²) in [5.41, 5.74) is 3.52. The van der Waals surface area contributed by atoms with Gasteiger partial charge in [-0.1, -0.05) is 23.8 Å². The number of hydrogen-bond acceptors (Lipinski definition) is 3. The molecule has 0 radical (unpaired) electrons. The maximum absolute atomic E-state index is 12.2. The predicted octanol–water partition coefficient (Wildman–Crippen LogP) is 3.61. The lowest BCUT2D eigenvalue weighted by Crippen LogP contribution is -2.15. The molecular formula is C18H20N2O2. The van der Waals surface area contributed by atoms with Gasteiger partial charge in [0.1, 0.15) is 5.82 Å². The number of benzene rings is 1. The van der Waals surface area contributed by atoms with Crippen LogP contribution in [-0.4, -0.2) is 16.7 Å². The first-order valence-electron chi connectivity index (χ1n) is 7.29. The van der Waals surface area contributed by atoms with Gasteiger partial charge in [0.05, 0.1) is 0 Å². The second-order valence-electron chi connectivity index (χ2n) is 5.45. The van der Waals surface area contributed by atoms with Crippen LogP contribution >= 0.6 is 0 Å². The van der Waals surface area contributed by atoms with E-state index in [2.05, 4.69) is 10.3 Å². The number of rotatable bonds is 5. The summed E-state index contributed by atoms with van der Waals surface area (Å²) in [6.07, 6.45) is 0.351. The summed E-state index contributed by atoms with van der Waals surface area (Å²) >= 11 is 0. The van der Waals surface area contributed by atoms with Gasteiger partial charge >= 0.3 is 0 Å². The summed E-state index contributed by atoms with van der Waals surface area (Å²) in [7, 11) is 0. The fraction of sp³-hybridized carbons (Fsp3) is 0.278. The number of hydrogen-bond donors (Lipinski definition) is 1. The van der Waals surface area contributed by atoms with Gasteiger partial charge in [0.25, 0.3) is 0 Å². The number of nitrogens with one attached hydrogen (secondary N) is 1. The van der Waals surface area contributed by atoms with E-state index >= 15 is 0 Å². The van der Waals surface area contributed by atoms with E-state index in [1.54, 1.807) is 6.07 Å². The Labute approximate surface area is 130 Å². The highest BCUT2D eigenvalue weighted by molar-refractivity contribution is 6.00. The Bertz CT molecular complexity index is 708. The summed E-state index contributed by atoms with van der Waals surface area (Å²) in [6.45, 7) is 5.72. The third-order valence-electron chi connectivity index (χ3n) is 3.43. The molecule has 0 aliphatic carbocycles. The molecule has 0 saturated heterocycles. The van der Waals surface area contributed by atoms with E-state index in [0.717, 1.165) is 16.8 Å². The van der Waals surface area contributed by atoms with Crippen molar-refractivity contribution in [2.24, 2.45) is 0 Å². The van der Waals surface area contributed by atoms with Crippen molar-refractivity contribution < 1.29 is 9.59 Å². The van der Waals surface area contributed by atoms with E-state index < -0.39 is 0 Å². The van der Waals surface area contributed by atoms with Crippen LogP contribution in [-0.2, 0) is 4.79 Å². The zero-order valence-electron chi connectivity index (χ0n) is 13.1. The number of ketones is 1. The summed E-state index contributed by atoms with van der Waals surface area (Å²) in [4.78, 5) is 28.3. The number of pyridine rings is 1. The molecule has 22 heavy (non-hydrogen) atoms. The van der Waals surface area contributed by atoms with Crippen LogP contribution in [0.15, 0.2) is 36.4 Å². The molecule has 114 valence electrons. The van der Waals surface area contributed by atoms with Gasteiger partial charge in [0.15, 0.2) is 5.78 Å². The molecule has 1 aromatic heterocycles. The van der Waals surface area contributed by atoms with E-state index in [-0.39, 0.29) is 24.5 Å². The van der Waals surface area contributed by atoms with E-state index in [4.69, 9.17) is 0 Å². The number of carbonyl (C=O) groups is 2.